The first-order valence-corrected chi connectivity index (χ1v) is 6.86. The number of amides is 2. The van der Waals surface area contributed by atoms with E-state index in [2.05, 4.69) is 15.4 Å². The lowest BCUT2D eigenvalue weighted by atomic mass is 10.2. The third kappa shape index (κ3) is 5.18. The highest BCUT2D eigenvalue weighted by Gasteiger charge is 2.20. The van der Waals surface area contributed by atoms with Crippen LogP contribution in [0.25, 0.3) is 0 Å². The zero-order chi connectivity index (χ0) is 16.7. The van der Waals surface area contributed by atoms with Gasteiger partial charge in [0.05, 0.1) is 30.8 Å². The van der Waals surface area contributed by atoms with Crippen molar-refractivity contribution in [1.82, 2.24) is 10.6 Å². The Morgan fingerprint density at radius 3 is 2.55 bits per heavy atom. The maximum atomic E-state index is 11.9. The van der Waals surface area contributed by atoms with Gasteiger partial charge in [0.2, 0.25) is 5.91 Å². The summed E-state index contributed by atoms with van der Waals surface area (Å²) in [5.74, 6) is -2.03. The first-order valence-electron chi connectivity index (χ1n) is 6.10. The zero-order valence-corrected chi connectivity index (χ0v) is 13.1. The van der Waals surface area contributed by atoms with Crippen LogP contribution >= 0.6 is 23.2 Å². The number of carbonyl (C=O) groups is 3. The van der Waals surface area contributed by atoms with E-state index in [9.17, 15) is 14.4 Å². The van der Waals surface area contributed by atoms with Gasteiger partial charge in [0, 0.05) is 5.02 Å². The number of aliphatic hydroxyl groups is 1. The number of nitrogens with one attached hydrogen (secondary N) is 2. The fourth-order valence-corrected chi connectivity index (χ4v) is 1.99. The molecule has 1 aromatic rings. The lowest BCUT2D eigenvalue weighted by molar-refractivity contribution is -0.146. The Morgan fingerprint density at radius 1 is 1.32 bits per heavy atom. The van der Waals surface area contributed by atoms with Crippen LogP contribution in [0.2, 0.25) is 10.0 Å². The Balaban J connectivity index is 2.56. The van der Waals surface area contributed by atoms with Crippen LogP contribution < -0.4 is 10.6 Å². The molecule has 1 aromatic carbocycles. The predicted molar refractivity (Wildman–Crippen MR) is 79.8 cm³/mol. The third-order valence-corrected chi connectivity index (χ3v) is 3.14. The summed E-state index contributed by atoms with van der Waals surface area (Å²) in [6.07, 6.45) is 0. The van der Waals surface area contributed by atoms with Crippen molar-refractivity contribution in [3.8, 4) is 0 Å². The highest BCUT2D eigenvalue weighted by molar-refractivity contribution is 6.36. The van der Waals surface area contributed by atoms with Gasteiger partial charge >= 0.3 is 5.97 Å². The lowest BCUT2D eigenvalue weighted by Gasteiger charge is -2.14. The minimum absolute atomic E-state index is 0.146. The minimum atomic E-state index is -1.19. The summed E-state index contributed by atoms with van der Waals surface area (Å²) in [6.45, 7) is -1.01. The van der Waals surface area contributed by atoms with Crippen LogP contribution in [0.1, 0.15) is 10.4 Å². The monoisotopic (exact) mass is 348 g/mol. The molecular formula is C13H14Cl2N2O5. The van der Waals surface area contributed by atoms with E-state index in [0.717, 1.165) is 7.11 Å². The summed E-state index contributed by atoms with van der Waals surface area (Å²) in [6, 6.07) is 3.12. The third-order valence-electron chi connectivity index (χ3n) is 2.59. The second-order valence-corrected chi connectivity index (χ2v) is 4.98. The van der Waals surface area contributed by atoms with Gasteiger partial charge in [-0.05, 0) is 18.2 Å². The van der Waals surface area contributed by atoms with Crippen LogP contribution in [0.4, 0.5) is 0 Å². The van der Waals surface area contributed by atoms with Crippen molar-refractivity contribution in [2.75, 3.05) is 20.3 Å². The molecule has 7 nitrogen and oxygen atoms in total. The summed E-state index contributed by atoms with van der Waals surface area (Å²) in [4.78, 5) is 34.7. The van der Waals surface area contributed by atoms with Crippen LogP contribution in [0.3, 0.4) is 0 Å². The number of halogens is 2. The molecule has 9 heteroatoms. The summed E-state index contributed by atoms with van der Waals surface area (Å²) in [5.41, 5.74) is 0.158. The molecule has 0 aliphatic heterocycles. The molecule has 2 amide bonds. The number of hydrogen-bond donors (Lipinski definition) is 3. The Labute approximate surface area is 136 Å². The van der Waals surface area contributed by atoms with E-state index in [-0.39, 0.29) is 10.6 Å². The molecule has 3 N–H and O–H groups in total. The number of hydrogen-bond acceptors (Lipinski definition) is 5. The topological polar surface area (TPSA) is 105 Å². The second kappa shape index (κ2) is 8.57. The highest BCUT2D eigenvalue weighted by atomic mass is 35.5. The Bertz CT molecular complexity index is 580. The summed E-state index contributed by atoms with van der Waals surface area (Å²) < 4.78 is 4.40. The van der Waals surface area contributed by atoms with Gasteiger partial charge in [0.25, 0.3) is 5.91 Å². The van der Waals surface area contributed by atoms with Gasteiger partial charge in [-0.25, -0.2) is 4.79 Å². The first kappa shape index (κ1) is 18.2. The molecule has 0 aliphatic rings. The second-order valence-electron chi connectivity index (χ2n) is 4.13. The van der Waals surface area contributed by atoms with Gasteiger partial charge in [-0.1, -0.05) is 23.2 Å². The van der Waals surface area contributed by atoms with Gasteiger partial charge in [0.15, 0.2) is 6.04 Å². The maximum Gasteiger partial charge on any atom is 0.330 e. The normalized spacial score (nSPS) is 11.5. The quantitative estimate of drug-likeness (QED) is 0.644. The molecule has 0 heterocycles. The van der Waals surface area contributed by atoms with Crippen molar-refractivity contribution in [3.05, 3.63) is 33.8 Å². The van der Waals surface area contributed by atoms with E-state index >= 15 is 0 Å². The van der Waals surface area contributed by atoms with E-state index in [1.807, 2.05) is 0 Å². The molecule has 0 saturated carbocycles. The minimum Gasteiger partial charge on any atom is -0.467 e. The van der Waals surface area contributed by atoms with Gasteiger partial charge in [-0.15, -0.1) is 0 Å². The van der Waals surface area contributed by atoms with E-state index in [1.165, 1.54) is 18.2 Å². The SMILES string of the molecule is COC(=O)[C@H](CO)NC(=O)CNC(=O)c1ccc(Cl)cc1Cl. The molecule has 0 aliphatic carbocycles. The highest BCUT2D eigenvalue weighted by Crippen LogP contribution is 2.20. The van der Waals surface area contributed by atoms with Crippen molar-refractivity contribution >= 4 is 41.0 Å². The average molecular weight is 349 g/mol. The summed E-state index contributed by atoms with van der Waals surface area (Å²) >= 11 is 11.6. The molecule has 0 fully saturated rings. The molecule has 0 spiro atoms. The van der Waals surface area contributed by atoms with Crippen molar-refractivity contribution in [2.24, 2.45) is 0 Å². The van der Waals surface area contributed by atoms with Gasteiger partial charge in [-0.2, -0.15) is 0 Å². The molecule has 0 radical (unpaired) electrons. The van der Waals surface area contributed by atoms with Crippen LogP contribution in [-0.2, 0) is 14.3 Å². The van der Waals surface area contributed by atoms with E-state index in [4.69, 9.17) is 28.3 Å². The number of esters is 1. The maximum absolute atomic E-state index is 11.9. The molecule has 0 unspecified atom stereocenters. The Hall–Kier alpha value is -1.83. The number of aliphatic hydroxyl groups excluding tert-OH is 1. The molecule has 0 bridgehead atoms. The number of carbonyl (C=O) groups excluding carboxylic acids is 3. The molecule has 1 atom stereocenters. The Morgan fingerprint density at radius 2 is 2.00 bits per heavy atom. The Kier molecular flexibility index (Phi) is 7.10. The zero-order valence-electron chi connectivity index (χ0n) is 11.6. The largest absolute Gasteiger partial charge is 0.467 e. The lowest BCUT2D eigenvalue weighted by Crippen LogP contribution is -2.47. The van der Waals surface area contributed by atoms with Gasteiger partial charge < -0.3 is 20.5 Å². The predicted octanol–water partition coefficient (Wildman–Crippen LogP) is 0.373. The number of rotatable bonds is 6. The van der Waals surface area contributed by atoms with E-state index < -0.39 is 37.0 Å². The van der Waals surface area contributed by atoms with Crippen molar-refractivity contribution in [2.45, 2.75) is 6.04 Å². The van der Waals surface area contributed by atoms with Crippen LogP contribution in [0, 0.1) is 0 Å². The van der Waals surface area contributed by atoms with Crippen LogP contribution in [0.15, 0.2) is 18.2 Å². The van der Waals surface area contributed by atoms with Crippen molar-refractivity contribution in [1.29, 1.82) is 0 Å². The molecule has 0 saturated heterocycles. The van der Waals surface area contributed by atoms with Gasteiger partial charge in [-0.3, -0.25) is 9.59 Å². The fourth-order valence-electron chi connectivity index (χ4n) is 1.50. The smallest absolute Gasteiger partial charge is 0.330 e. The summed E-state index contributed by atoms with van der Waals surface area (Å²) in [7, 11) is 1.13. The first-order chi connectivity index (χ1) is 10.4. The average Bonchev–Trinajstić information content (AvgIpc) is 2.49. The summed E-state index contributed by atoms with van der Waals surface area (Å²) in [5, 5.41) is 14.0. The van der Waals surface area contributed by atoms with E-state index in [1.54, 1.807) is 0 Å². The molecule has 22 heavy (non-hydrogen) atoms. The van der Waals surface area contributed by atoms with Crippen LogP contribution in [0.5, 0.6) is 0 Å². The molecule has 120 valence electrons. The van der Waals surface area contributed by atoms with Crippen molar-refractivity contribution < 1.29 is 24.2 Å². The molecular weight excluding hydrogens is 335 g/mol. The number of methoxy groups -OCH3 is 1. The standard InChI is InChI=1S/C13H14Cl2N2O5/c1-22-13(21)10(6-18)17-11(19)5-16-12(20)8-3-2-7(14)4-9(8)15/h2-4,10,18H,5-6H2,1H3,(H,16,20)(H,17,19)/t10-/m0/s1. The van der Waals surface area contributed by atoms with Gasteiger partial charge in [0.1, 0.15) is 0 Å². The molecule has 1 rings (SSSR count). The van der Waals surface area contributed by atoms with Crippen LogP contribution in [-0.4, -0.2) is 49.2 Å². The van der Waals surface area contributed by atoms with Crippen molar-refractivity contribution in [3.63, 3.8) is 0 Å². The molecule has 0 aromatic heterocycles. The number of benzene rings is 1. The number of ether oxygens (including phenoxy) is 1. The fraction of sp³-hybridized carbons (Fsp3) is 0.308. The van der Waals surface area contributed by atoms with E-state index in [0.29, 0.717) is 5.02 Å².